The average molecular weight is 196 g/mol. The second-order valence-electron chi connectivity index (χ2n) is 4.37. The van der Waals surface area contributed by atoms with E-state index in [9.17, 15) is 0 Å². The van der Waals surface area contributed by atoms with Gasteiger partial charge < -0.3 is 11.1 Å². The molecule has 1 aliphatic carbocycles. The number of rotatable bonds is 5. The minimum Gasteiger partial charge on any atom is -0.387 e. The summed E-state index contributed by atoms with van der Waals surface area (Å²) >= 11 is 0. The summed E-state index contributed by atoms with van der Waals surface area (Å²) in [7, 11) is 0. The average Bonchev–Trinajstić information content (AvgIpc) is 2.26. The molecule has 1 rings (SSSR count). The monoisotopic (exact) mass is 196 g/mol. The highest BCUT2D eigenvalue weighted by molar-refractivity contribution is 4.99. The molecule has 1 saturated carbocycles. The normalized spacial score (nSPS) is 27.3. The molecule has 0 atom stereocenters. The number of hydrogen-bond acceptors (Lipinski definition) is 2. The van der Waals surface area contributed by atoms with Crippen molar-refractivity contribution in [3.8, 4) is 0 Å². The van der Waals surface area contributed by atoms with E-state index in [0.717, 1.165) is 12.5 Å². The van der Waals surface area contributed by atoms with Gasteiger partial charge in [-0.15, -0.1) is 0 Å². The molecule has 0 heterocycles. The van der Waals surface area contributed by atoms with Gasteiger partial charge in [-0.05, 0) is 37.5 Å². The Labute approximate surface area is 87.9 Å². The third-order valence-corrected chi connectivity index (χ3v) is 3.41. The van der Waals surface area contributed by atoms with Crippen LogP contribution >= 0.6 is 0 Å². The Hall–Kier alpha value is -0.500. The highest BCUT2D eigenvalue weighted by atomic mass is 14.9. The van der Waals surface area contributed by atoms with Crippen molar-refractivity contribution >= 4 is 0 Å². The quantitative estimate of drug-likeness (QED) is 0.708. The molecule has 0 aromatic rings. The van der Waals surface area contributed by atoms with Crippen molar-refractivity contribution in [2.24, 2.45) is 17.6 Å². The van der Waals surface area contributed by atoms with Crippen LogP contribution in [-0.2, 0) is 0 Å². The largest absolute Gasteiger partial charge is 0.387 e. The van der Waals surface area contributed by atoms with Crippen molar-refractivity contribution in [2.75, 3.05) is 13.1 Å². The highest BCUT2D eigenvalue weighted by Gasteiger charge is 2.21. The summed E-state index contributed by atoms with van der Waals surface area (Å²) in [5, 5.41) is 3.32. The van der Waals surface area contributed by atoms with Gasteiger partial charge in [0.05, 0.1) is 0 Å². The second-order valence-corrected chi connectivity index (χ2v) is 4.37. The molecule has 0 spiro atoms. The Balaban J connectivity index is 2.23. The molecule has 0 amide bonds. The van der Waals surface area contributed by atoms with Gasteiger partial charge in [0.2, 0.25) is 0 Å². The molecule has 0 bridgehead atoms. The van der Waals surface area contributed by atoms with Crippen molar-refractivity contribution in [3.63, 3.8) is 0 Å². The molecule has 14 heavy (non-hydrogen) atoms. The van der Waals surface area contributed by atoms with Crippen LogP contribution in [0, 0.1) is 11.8 Å². The molecule has 0 radical (unpaired) electrons. The van der Waals surface area contributed by atoms with Gasteiger partial charge in [-0.25, -0.2) is 0 Å². The fraction of sp³-hybridized carbons (Fsp3) is 0.833. The van der Waals surface area contributed by atoms with E-state index in [0.29, 0.717) is 12.5 Å². The van der Waals surface area contributed by atoms with Crippen molar-refractivity contribution < 1.29 is 0 Å². The van der Waals surface area contributed by atoms with Crippen LogP contribution in [0.2, 0.25) is 0 Å². The summed E-state index contributed by atoms with van der Waals surface area (Å²) in [4.78, 5) is 0. The van der Waals surface area contributed by atoms with Crippen molar-refractivity contribution in [2.45, 2.75) is 39.0 Å². The van der Waals surface area contributed by atoms with Crippen LogP contribution in [0.1, 0.15) is 39.0 Å². The summed E-state index contributed by atoms with van der Waals surface area (Å²) in [6.45, 7) is 7.96. The first kappa shape index (κ1) is 11.6. The zero-order valence-electron chi connectivity index (χ0n) is 9.39. The molecule has 0 unspecified atom stereocenters. The van der Waals surface area contributed by atoms with Gasteiger partial charge in [-0.3, -0.25) is 0 Å². The van der Waals surface area contributed by atoms with Gasteiger partial charge in [0, 0.05) is 18.8 Å². The molecule has 0 aliphatic heterocycles. The lowest BCUT2D eigenvalue weighted by atomic mass is 9.79. The summed E-state index contributed by atoms with van der Waals surface area (Å²) in [5.74, 6) is 1.66. The zero-order valence-corrected chi connectivity index (χ0v) is 9.39. The predicted molar refractivity (Wildman–Crippen MR) is 61.9 cm³/mol. The van der Waals surface area contributed by atoms with Gasteiger partial charge >= 0.3 is 0 Å². The fourth-order valence-electron chi connectivity index (χ4n) is 2.30. The van der Waals surface area contributed by atoms with E-state index in [2.05, 4.69) is 18.8 Å². The fourth-order valence-corrected chi connectivity index (χ4v) is 2.30. The first-order valence-corrected chi connectivity index (χ1v) is 5.90. The molecule has 2 heteroatoms. The molecule has 2 nitrogen and oxygen atoms in total. The van der Waals surface area contributed by atoms with Gasteiger partial charge in [0.15, 0.2) is 0 Å². The molecule has 0 saturated heterocycles. The van der Waals surface area contributed by atoms with E-state index in [4.69, 9.17) is 5.73 Å². The number of hydrogen-bond donors (Lipinski definition) is 2. The van der Waals surface area contributed by atoms with E-state index in [1.165, 1.54) is 37.8 Å². The Morgan fingerprint density at radius 3 is 2.50 bits per heavy atom. The maximum absolute atomic E-state index is 5.45. The van der Waals surface area contributed by atoms with Gasteiger partial charge in [0.25, 0.3) is 0 Å². The first-order chi connectivity index (χ1) is 6.77. The number of nitrogens with two attached hydrogens (primary N) is 1. The Kier molecular flexibility index (Phi) is 5.02. The molecular formula is C12H24N2. The van der Waals surface area contributed by atoms with Crippen LogP contribution in [0.25, 0.3) is 0 Å². The summed E-state index contributed by atoms with van der Waals surface area (Å²) < 4.78 is 0. The van der Waals surface area contributed by atoms with Crippen molar-refractivity contribution in [3.05, 3.63) is 12.3 Å². The molecule has 1 aliphatic rings. The molecular weight excluding hydrogens is 172 g/mol. The third kappa shape index (κ3) is 3.33. The number of allylic oxidation sites excluding steroid dienone is 1. The van der Waals surface area contributed by atoms with Crippen LogP contribution in [-0.4, -0.2) is 13.1 Å². The van der Waals surface area contributed by atoms with E-state index >= 15 is 0 Å². The number of nitrogens with one attached hydrogen (secondary N) is 1. The van der Waals surface area contributed by atoms with E-state index in [-0.39, 0.29) is 0 Å². The first-order valence-electron chi connectivity index (χ1n) is 5.90. The van der Waals surface area contributed by atoms with Gasteiger partial charge in [-0.2, -0.15) is 0 Å². The second kappa shape index (κ2) is 6.07. The smallest absolute Gasteiger partial charge is 0.0266 e. The van der Waals surface area contributed by atoms with E-state index in [1.807, 2.05) is 0 Å². The highest BCUT2D eigenvalue weighted by Crippen LogP contribution is 2.33. The molecule has 1 fully saturated rings. The predicted octanol–water partition coefficient (Wildman–Crippen LogP) is 2.26. The summed E-state index contributed by atoms with van der Waals surface area (Å²) in [6.07, 6.45) is 6.73. The SMILES string of the molecule is C=C(NCCN)C1CCC(CC)CC1. The topological polar surface area (TPSA) is 38.0 Å². The molecule has 3 N–H and O–H groups in total. The van der Waals surface area contributed by atoms with Crippen LogP contribution < -0.4 is 11.1 Å². The lowest BCUT2D eigenvalue weighted by molar-refractivity contribution is 0.288. The molecule has 0 aromatic heterocycles. The Morgan fingerprint density at radius 1 is 1.36 bits per heavy atom. The van der Waals surface area contributed by atoms with Crippen LogP contribution in [0.4, 0.5) is 0 Å². The molecule has 82 valence electrons. The van der Waals surface area contributed by atoms with Crippen LogP contribution in [0.5, 0.6) is 0 Å². The minimum absolute atomic E-state index is 0.698. The van der Waals surface area contributed by atoms with E-state index < -0.39 is 0 Å². The lowest BCUT2D eigenvalue weighted by Gasteiger charge is -2.29. The van der Waals surface area contributed by atoms with Crippen molar-refractivity contribution in [1.82, 2.24) is 5.32 Å². The van der Waals surface area contributed by atoms with E-state index in [1.54, 1.807) is 0 Å². The Morgan fingerprint density at radius 2 is 2.00 bits per heavy atom. The maximum atomic E-state index is 5.45. The zero-order chi connectivity index (χ0) is 10.4. The van der Waals surface area contributed by atoms with Crippen LogP contribution in [0.15, 0.2) is 12.3 Å². The molecule has 0 aromatic carbocycles. The minimum atomic E-state index is 0.698. The summed E-state index contributed by atoms with van der Waals surface area (Å²) in [5.41, 5.74) is 6.66. The standard InChI is InChI=1S/C12H24N2/c1-3-11-4-6-12(7-5-11)10(2)14-9-8-13/h11-12,14H,2-9,13H2,1H3. The Bertz CT molecular complexity index is 169. The van der Waals surface area contributed by atoms with Crippen LogP contribution in [0.3, 0.4) is 0 Å². The third-order valence-electron chi connectivity index (χ3n) is 3.41. The van der Waals surface area contributed by atoms with Gasteiger partial charge in [0.1, 0.15) is 0 Å². The maximum Gasteiger partial charge on any atom is 0.0266 e. The van der Waals surface area contributed by atoms with Crippen molar-refractivity contribution in [1.29, 1.82) is 0 Å². The van der Waals surface area contributed by atoms with Gasteiger partial charge in [-0.1, -0.05) is 19.9 Å². The lowest BCUT2D eigenvalue weighted by Crippen LogP contribution is -2.27. The summed E-state index contributed by atoms with van der Waals surface area (Å²) in [6, 6.07) is 0.